The molecule has 4 heteroatoms. The van der Waals surface area contributed by atoms with Crippen LogP contribution in [-0.4, -0.2) is 21.1 Å². The molecule has 1 amide bonds. The summed E-state index contributed by atoms with van der Waals surface area (Å²) in [6.45, 7) is 3.55. The molecule has 3 rings (SSSR count). The molecule has 0 aromatic carbocycles. The summed E-state index contributed by atoms with van der Waals surface area (Å²) < 4.78 is 1.92. The molecule has 1 atom stereocenters. The standard InChI is InChI=1S/C16H17N3O/c1-4-16(17-12(3)20)8-7-14-13(9-16)15-6-5-11(2)10-19(15)18-14/h1,5-6,10H,7-9H2,2-3H3,(H,17,20). The van der Waals surface area contributed by atoms with Crippen molar-refractivity contribution >= 4 is 11.4 Å². The van der Waals surface area contributed by atoms with Gasteiger partial charge in [-0.25, -0.2) is 4.52 Å². The average Bonchev–Trinajstić information content (AvgIpc) is 2.74. The Balaban J connectivity index is 2.08. The Morgan fingerprint density at radius 2 is 2.35 bits per heavy atom. The number of aromatic nitrogens is 2. The molecule has 0 bridgehead atoms. The molecule has 1 unspecified atom stereocenters. The largest absolute Gasteiger partial charge is 0.340 e. The number of nitrogens with one attached hydrogen (secondary N) is 1. The quantitative estimate of drug-likeness (QED) is 0.798. The van der Waals surface area contributed by atoms with Gasteiger partial charge in [0.15, 0.2) is 0 Å². The maximum absolute atomic E-state index is 11.4. The van der Waals surface area contributed by atoms with E-state index in [1.807, 2.05) is 17.6 Å². The third kappa shape index (κ3) is 1.96. The van der Waals surface area contributed by atoms with Crippen molar-refractivity contribution in [2.24, 2.45) is 0 Å². The maximum Gasteiger partial charge on any atom is 0.218 e. The van der Waals surface area contributed by atoms with E-state index < -0.39 is 5.54 Å². The van der Waals surface area contributed by atoms with Crippen LogP contribution in [0.3, 0.4) is 0 Å². The van der Waals surface area contributed by atoms with Crippen LogP contribution in [0.2, 0.25) is 0 Å². The topological polar surface area (TPSA) is 46.4 Å². The first kappa shape index (κ1) is 12.7. The lowest BCUT2D eigenvalue weighted by Crippen LogP contribution is -2.50. The highest BCUT2D eigenvalue weighted by atomic mass is 16.1. The number of rotatable bonds is 1. The van der Waals surface area contributed by atoms with Crippen LogP contribution in [0.25, 0.3) is 5.52 Å². The van der Waals surface area contributed by atoms with Gasteiger partial charge in [-0.15, -0.1) is 6.42 Å². The van der Waals surface area contributed by atoms with E-state index >= 15 is 0 Å². The van der Waals surface area contributed by atoms with Crippen molar-refractivity contribution in [3.05, 3.63) is 35.2 Å². The van der Waals surface area contributed by atoms with Crippen LogP contribution in [0.5, 0.6) is 0 Å². The van der Waals surface area contributed by atoms with Crippen LogP contribution in [-0.2, 0) is 17.6 Å². The van der Waals surface area contributed by atoms with E-state index in [9.17, 15) is 4.79 Å². The maximum atomic E-state index is 11.4. The Morgan fingerprint density at radius 3 is 3.05 bits per heavy atom. The number of hydrogen-bond acceptors (Lipinski definition) is 2. The summed E-state index contributed by atoms with van der Waals surface area (Å²) in [5, 5.41) is 7.57. The summed E-state index contributed by atoms with van der Waals surface area (Å²) in [6.07, 6.45) is 9.88. The van der Waals surface area contributed by atoms with Gasteiger partial charge in [-0.05, 0) is 31.4 Å². The van der Waals surface area contributed by atoms with Crippen LogP contribution < -0.4 is 5.32 Å². The number of pyridine rings is 1. The van der Waals surface area contributed by atoms with Crippen LogP contribution >= 0.6 is 0 Å². The SMILES string of the molecule is C#CC1(NC(C)=O)CCc2nn3cc(C)ccc3c2C1. The van der Waals surface area contributed by atoms with Gasteiger partial charge in [0.25, 0.3) is 0 Å². The van der Waals surface area contributed by atoms with E-state index in [0.29, 0.717) is 6.42 Å². The van der Waals surface area contributed by atoms with Gasteiger partial charge in [0.05, 0.1) is 11.2 Å². The number of amides is 1. The number of nitrogens with zero attached hydrogens (tertiary/aromatic N) is 2. The second kappa shape index (κ2) is 4.38. The smallest absolute Gasteiger partial charge is 0.218 e. The molecular weight excluding hydrogens is 250 g/mol. The predicted molar refractivity (Wildman–Crippen MR) is 77.3 cm³/mol. The summed E-state index contributed by atoms with van der Waals surface area (Å²) in [6, 6.07) is 4.14. The minimum absolute atomic E-state index is 0.0845. The monoisotopic (exact) mass is 267 g/mol. The van der Waals surface area contributed by atoms with Gasteiger partial charge in [-0.3, -0.25) is 4.79 Å². The average molecular weight is 267 g/mol. The Morgan fingerprint density at radius 1 is 1.55 bits per heavy atom. The second-order valence-electron chi connectivity index (χ2n) is 5.55. The Labute approximate surface area is 118 Å². The Kier molecular flexibility index (Phi) is 2.79. The summed E-state index contributed by atoms with van der Waals surface area (Å²) in [7, 11) is 0. The fraction of sp³-hybridized carbons (Fsp3) is 0.375. The lowest BCUT2D eigenvalue weighted by atomic mass is 9.80. The van der Waals surface area contributed by atoms with Gasteiger partial charge in [-0.2, -0.15) is 5.10 Å². The third-order valence-electron chi connectivity index (χ3n) is 3.92. The molecular formula is C16H17N3O. The highest BCUT2D eigenvalue weighted by Gasteiger charge is 2.35. The third-order valence-corrected chi connectivity index (χ3v) is 3.92. The van der Waals surface area contributed by atoms with Crippen molar-refractivity contribution in [1.29, 1.82) is 0 Å². The van der Waals surface area contributed by atoms with Gasteiger partial charge in [0, 0.05) is 25.1 Å². The van der Waals surface area contributed by atoms with Crippen molar-refractivity contribution in [2.45, 2.75) is 38.6 Å². The van der Waals surface area contributed by atoms with E-state index in [-0.39, 0.29) is 5.91 Å². The molecule has 2 aromatic rings. The van der Waals surface area contributed by atoms with Crippen molar-refractivity contribution in [2.75, 3.05) is 0 Å². The first-order valence-corrected chi connectivity index (χ1v) is 6.76. The van der Waals surface area contributed by atoms with E-state index in [0.717, 1.165) is 29.6 Å². The molecule has 1 aliphatic carbocycles. The molecule has 4 nitrogen and oxygen atoms in total. The minimum atomic E-state index is -0.576. The normalized spacial score (nSPS) is 21.2. The fourth-order valence-corrected chi connectivity index (χ4v) is 2.97. The van der Waals surface area contributed by atoms with E-state index in [1.165, 1.54) is 12.5 Å². The van der Waals surface area contributed by atoms with Gasteiger partial charge < -0.3 is 5.32 Å². The number of carbonyl (C=O) groups excluding carboxylic acids is 1. The van der Waals surface area contributed by atoms with Crippen LogP contribution in [0.4, 0.5) is 0 Å². The first-order valence-electron chi connectivity index (χ1n) is 6.76. The Bertz CT molecular complexity index is 738. The molecule has 0 saturated carbocycles. The molecule has 20 heavy (non-hydrogen) atoms. The van der Waals surface area contributed by atoms with Crippen molar-refractivity contribution in [3.8, 4) is 12.3 Å². The highest BCUT2D eigenvalue weighted by molar-refractivity contribution is 5.75. The number of hydrogen-bond donors (Lipinski definition) is 1. The van der Waals surface area contributed by atoms with Crippen molar-refractivity contribution < 1.29 is 4.79 Å². The summed E-state index contributed by atoms with van der Waals surface area (Å²) in [5.74, 6) is 2.70. The Hall–Kier alpha value is -2.28. The summed E-state index contributed by atoms with van der Waals surface area (Å²) in [5.41, 5.74) is 3.92. The molecule has 0 radical (unpaired) electrons. The minimum Gasteiger partial charge on any atom is -0.340 e. The zero-order valence-electron chi connectivity index (χ0n) is 11.7. The molecule has 102 valence electrons. The van der Waals surface area contributed by atoms with E-state index in [1.54, 1.807) is 0 Å². The molecule has 2 aromatic heterocycles. The fourth-order valence-electron chi connectivity index (χ4n) is 2.97. The first-order chi connectivity index (χ1) is 9.53. The van der Waals surface area contributed by atoms with E-state index in [4.69, 9.17) is 6.42 Å². The summed E-state index contributed by atoms with van der Waals surface area (Å²) in [4.78, 5) is 11.4. The second-order valence-corrected chi connectivity index (χ2v) is 5.55. The van der Waals surface area contributed by atoms with Crippen molar-refractivity contribution in [1.82, 2.24) is 14.9 Å². The lowest BCUT2D eigenvalue weighted by molar-refractivity contribution is -0.120. The molecule has 1 aliphatic rings. The molecule has 0 fully saturated rings. The molecule has 1 N–H and O–H groups in total. The molecule has 0 saturated heterocycles. The predicted octanol–water partition coefficient (Wildman–Crippen LogP) is 1.64. The van der Waals surface area contributed by atoms with Gasteiger partial charge in [0.2, 0.25) is 5.91 Å². The van der Waals surface area contributed by atoms with E-state index in [2.05, 4.69) is 28.5 Å². The van der Waals surface area contributed by atoms with Gasteiger partial charge in [-0.1, -0.05) is 12.0 Å². The van der Waals surface area contributed by atoms with Crippen LogP contribution in [0, 0.1) is 19.3 Å². The molecule has 2 heterocycles. The van der Waals surface area contributed by atoms with Crippen LogP contribution in [0.1, 0.15) is 30.2 Å². The molecule has 0 aliphatic heterocycles. The van der Waals surface area contributed by atoms with Gasteiger partial charge in [0.1, 0.15) is 5.54 Å². The lowest BCUT2D eigenvalue weighted by Gasteiger charge is -2.32. The zero-order valence-corrected chi connectivity index (χ0v) is 11.7. The highest BCUT2D eigenvalue weighted by Crippen LogP contribution is 2.31. The number of aryl methyl sites for hydroxylation is 2. The van der Waals surface area contributed by atoms with Crippen LogP contribution in [0.15, 0.2) is 18.3 Å². The zero-order chi connectivity index (χ0) is 14.3. The van der Waals surface area contributed by atoms with Crippen molar-refractivity contribution in [3.63, 3.8) is 0 Å². The summed E-state index contributed by atoms with van der Waals surface area (Å²) >= 11 is 0. The van der Waals surface area contributed by atoms with Gasteiger partial charge >= 0.3 is 0 Å². The number of carbonyl (C=O) groups is 1. The molecule has 0 spiro atoms. The number of terminal acetylenes is 1. The number of fused-ring (bicyclic) bond motifs is 3.